The fraction of sp³-hybridized carbons (Fsp3) is 0.0400. The minimum absolute atomic E-state index is 0.132. The molecule has 13 aromatic rings. The molecule has 0 fully saturated rings. The van der Waals surface area contributed by atoms with Crippen molar-refractivity contribution < 1.29 is 0 Å². The summed E-state index contributed by atoms with van der Waals surface area (Å²) in [6.07, 6.45) is 0. The highest BCUT2D eigenvalue weighted by Gasteiger charge is 2.53. The van der Waals surface area contributed by atoms with Crippen molar-refractivity contribution in [3.63, 3.8) is 0 Å². The summed E-state index contributed by atoms with van der Waals surface area (Å²) in [5.74, 6) is 0. The lowest BCUT2D eigenvalue weighted by Gasteiger charge is -2.46. The first kappa shape index (κ1) is 46.5. The van der Waals surface area contributed by atoms with Crippen LogP contribution >= 0.6 is 11.3 Å². The lowest BCUT2D eigenvalue weighted by Crippen LogP contribution is -2.62. The van der Waals surface area contributed by atoms with Gasteiger partial charge in [0.15, 0.2) is 0 Å². The maximum atomic E-state index is 2.66. The van der Waals surface area contributed by atoms with Crippen molar-refractivity contribution in [1.29, 1.82) is 0 Å². The van der Waals surface area contributed by atoms with Crippen LogP contribution < -0.4 is 41.5 Å². The molecule has 3 aliphatic heterocycles. The van der Waals surface area contributed by atoms with Gasteiger partial charge in [-0.2, -0.15) is 0 Å². The molecule has 4 aliphatic rings. The van der Waals surface area contributed by atoms with E-state index in [4.69, 9.17) is 0 Å². The van der Waals surface area contributed by atoms with Crippen molar-refractivity contribution in [3.05, 3.63) is 301 Å². The van der Waals surface area contributed by atoms with E-state index >= 15 is 0 Å². The highest BCUT2D eigenvalue weighted by atomic mass is 32.1. The molecule has 0 unspecified atom stereocenters. The topological polar surface area (TPSA) is 9.72 Å². The molecule has 380 valence electrons. The van der Waals surface area contributed by atoms with Gasteiger partial charge in [0.1, 0.15) is 8.07 Å². The summed E-state index contributed by atoms with van der Waals surface area (Å²) in [4.78, 5) is 7.87. The van der Waals surface area contributed by atoms with Crippen LogP contribution in [0.15, 0.2) is 279 Å². The zero-order valence-corrected chi connectivity index (χ0v) is 46.7. The van der Waals surface area contributed by atoms with Gasteiger partial charge in [0.2, 0.25) is 0 Å². The van der Waals surface area contributed by atoms with Crippen LogP contribution in [-0.2, 0) is 5.41 Å². The Morgan fingerprint density at radius 3 is 1.62 bits per heavy atom. The molecule has 12 aromatic carbocycles. The molecule has 0 amide bonds. The third-order valence-corrected chi connectivity index (χ3v) is 22.9. The highest BCUT2D eigenvalue weighted by molar-refractivity contribution is 7.26. The molecule has 0 spiro atoms. The Hall–Kier alpha value is -9.46. The van der Waals surface area contributed by atoms with Crippen LogP contribution in [0.25, 0.3) is 42.4 Å². The molecular weight excluding hydrogens is 1010 g/mol. The van der Waals surface area contributed by atoms with Crippen LogP contribution in [0.5, 0.6) is 0 Å². The van der Waals surface area contributed by atoms with Crippen LogP contribution in [-0.4, -0.2) is 14.8 Å². The second-order valence-electron chi connectivity index (χ2n) is 22.6. The maximum absolute atomic E-state index is 2.66. The molecule has 6 heteroatoms. The van der Waals surface area contributed by atoms with Crippen LogP contribution in [0.4, 0.5) is 51.2 Å². The van der Waals surface area contributed by atoms with Crippen molar-refractivity contribution in [3.8, 4) is 22.3 Å². The lowest BCUT2D eigenvalue weighted by atomic mass is 9.33. The Bertz CT molecular complexity index is 4660. The van der Waals surface area contributed by atoms with Gasteiger partial charge in [0, 0.05) is 71.1 Å². The average Bonchev–Trinajstić information content (AvgIpc) is 4.20. The molecule has 0 saturated heterocycles. The molecule has 3 nitrogen and oxygen atoms in total. The molecule has 81 heavy (non-hydrogen) atoms. The average molecular weight is 1070 g/mol. The van der Waals surface area contributed by atoms with Crippen molar-refractivity contribution in [2.24, 2.45) is 0 Å². The third-order valence-electron chi connectivity index (χ3n) is 18.3. The summed E-state index contributed by atoms with van der Waals surface area (Å²) in [5.41, 5.74) is 24.2. The largest absolute Gasteiger partial charge is 0.311 e. The van der Waals surface area contributed by atoms with E-state index in [0.29, 0.717) is 0 Å². The minimum Gasteiger partial charge on any atom is -0.311 e. The van der Waals surface area contributed by atoms with E-state index in [-0.39, 0.29) is 6.71 Å². The molecule has 0 N–H and O–H groups in total. The molecule has 1 aromatic heterocycles. The minimum atomic E-state index is -2.15. The van der Waals surface area contributed by atoms with Crippen molar-refractivity contribution in [2.45, 2.75) is 18.5 Å². The monoisotopic (exact) mass is 1070 g/mol. The Kier molecular flexibility index (Phi) is 10.0. The van der Waals surface area contributed by atoms with Crippen molar-refractivity contribution >= 4 is 124 Å². The number of fused-ring (bicyclic) bond motifs is 15. The summed E-state index contributed by atoms with van der Waals surface area (Å²) in [7, 11) is -2.15. The van der Waals surface area contributed by atoms with E-state index in [0.717, 1.165) is 28.4 Å². The van der Waals surface area contributed by atoms with Gasteiger partial charge in [0.05, 0.1) is 16.8 Å². The molecule has 0 radical (unpaired) electrons. The zero-order valence-electron chi connectivity index (χ0n) is 44.9. The molecule has 0 atom stereocenters. The van der Waals surface area contributed by atoms with E-state index in [1.165, 1.54) is 114 Å². The fourth-order valence-electron chi connectivity index (χ4n) is 15.0. The van der Waals surface area contributed by atoms with Gasteiger partial charge in [-0.15, -0.1) is 11.3 Å². The molecular formula is C75H52BN3SSi. The van der Waals surface area contributed by atoms with Crippen molar-refractivity contribution in [2.75, 3.05) is 14.7 Å². The summed E-state index contributed by atoms with van der Waals surface area (Å²) in [6, 6.07) is 106. The smallest absolute Gasteiger partial charge is 0.252 e. The normalized spacial score (nSPS) is 14.4. The summed E-state index contributed by atoms with van der Waals surface area (Å²) < 4.78 is 2.55. The zero-order chi connectivity index (χ0) is 53.6. The number of hydrogen-bond acceptors (Lipinski definition) is 4. The van der Waals surface area contributed by atoms with Gasteiger partial charge < -0.3 is 14.7 Å². The van der Waals surface area contributed by atoms with Gasteiger partial charge in [-0.1, -0.05) is 225 Å². The molecule has 4 heterocycles. The SMILES string of the molecule is C[Si]1(C)c2ccccc2-c2c1ccc1c2N(c2ccccc2)c2cc(N(c3ccccc3)c3cccc4sc5ccccc5c34)cc3c2B1c1ccc2c(c1N3c1ccccc1)-c1ccccc1C2(c1ccccc1)c1ccccc1. The lowest BCUT2D eigenvalue weighted by molar-refractivity contribution is 0.768. The first-order chi connectivity index (χ1) is 40.0. The number of nitrogens with zero attached hydrogens (tertiary/aromatic N) is 3. The summed E-state index contributed by atoms with van der Waals surface area (Å²) in [5, 5.41) is 5.52. The predicted molar refractivity (Wildman–Crippen MR) is 348 cm³/mol. The van der Waals surface area contributed by atoms with E-state index in [9.17, 15) is 0 Å². The van der Waals surface area contributed by atoms with Crippen LogP contribution in [0.2, 0.25) is 13.1 Å². The fourth-order valence-corrected chi connectivity index (χ4v) is 19.2. The summed E-state index contributed by atoms with van der Waals surface area (Å²) in [6.45, 7) is 4.97. The van der Waals surface area contributed by atoms with Gasteiger partial charge in [-0.05, 0) is 127 Å². The predicted octanol–water partition coefficient (Wildman–Crippen LogP) is 16.8. The van der Waals surface area contributed by atoms with Gasteiger partial charge >= 0.3 is 0 Å². The van der Waals surface area contributed by atoms with E-state index in [1.807, 2.05) is 11.3 Å². The number of rotatable bonds is 7. The Labute approximate surface area is 478 Å². The number of thiophene rings is 1. The first-order valence-electron chi connectivity index (χ1n) is 28.3. The van der Waals surface area contributed by atoms with E-state index in [2.05, 4.69) is 307 Å². The van der Waals surface area contributed by atoms with Gasteiger partial charge in [-0.25, -0.2) is 0 Å². The second-order valence-corrected chi connectivity index (χ2v) is 28.1. The second kappa shape index (κ2) is 17.5. The van der Waals surface area contributed by atoms with E-state index < -0.39 is 13.5 Å². The Balaban J connectivity index is 1.06. The Morgan fingerprint density at radius 2 is 0.951 bits per heavy atom. The number of hydrogen-bond donors (Lipinski definition) is 0. The number of para-hydroxylation sites is 3. The maximum Gasteiger partial charge on any atom is 0.252 e. The van der Waals surface area contributed by atoms with Crippen molar-refractivity contribution in [1.82, 2.24) is 0 Å². The van der Waals surface area contributed by atoms with E-state index in [1.54, 1.807) is 0 Å². The quantitative estimate of drug-likeness (QED) is 0.147. The van der Waals surface area contributed by atoms with Crippen LogP contribution in [0.1, 0.15) is 22.3 Å². The number of benzene rings is 12. The van der Waals surface area contributed by atoms with Gasteiger partial charge in [-0.3, -0.25) is 0 Å². The molecule has 17 rings (SSSR count). The molecule has 1 aliphatic carbocycles. The standard InChI is InChI=1S/C75H52BN3SSi/c1-81(2)67-42-23-20-37-57(67)71-68(81)46-45-61-74(71)79(53-33-16-7-17-34-53)64-48-54(77(51-29-12-5-13-30-51)62-39-24-41-66-70(62)56-36-19-22-40-65(56)80-66)47-63-72(64)76(61)60-44-43-59-69(73(60)78(63)52-31-14-6-15-32-52)55-35-18-21-38-58(55)75(59,49-25-8-3-9-26-49)50-27-10-4-11-28-50/h3-48H,1-2H3. The molecule has 0 bridgehead atoms. The Morgan fingerprint density at radius 1 is 0.420 bits per heavy atom. The van der Waals surface area contributed by atoms with Crippen LogP contribution in [0.3, 0.4) is 0 Å². The first-order valence-corrected chi connectivity index (χ1v) is 32.1. The van der Waals surface area contributed by atoms with Gasteiger partial charge in [0.25, 0.3) is 6.71 Å². The molecule has 0 saturated carbocycles. The third kappa shape index (κ3) is 6.40. The van der Waals surface area contributed by atoms with Crippen LogP contribution in [0, 0.1) is 0 Å². The highest BCUT2D eigenvalue weighted by Crippen LogP contribution is 2.61. The summed E-state index contributed by atoms with van der Waals surface area (Å²) >= 11 is 1.87. The number of anilines is 9.